The van der Waals surface area contributed by atoms with Crippen LogP contribution in [-0.2, 0) is 11.3 Å². The first-order valence-corrected chi connectivity index (χ1v) is 8.06. The van der Waals surface area contributed by atoms with Gasteiger partial charge in [0.05, 0.1) is 11.7 Å². The molecule has 2 aromatic carbocycles. The standard InChI is InChI=1S/C19H20FNO5/c20-16-10-14(6-7-15(16)11-22)18(24)17(23)8-9-21-19(25)26-12-13-4-2-1-3-5-13/h1-7,10-11,17-18,23-24H,8-9,12H2,(H,21,25). The molecule has 2 atom stereocenters. The van der Waals surface area contributed by atoms with Gasteiger partial charge < -0.3 is 20.3 Å². The van der Waals surface area contributed by atoms with Crippen molar-refractivity contribution in [2.75, 3.05) is 6.54 Å². The summed E-state index contributed by atoms with van der Waals surface area (Å²) in [6.07, 6.45) is -2.79. The van der Waals surface area contributed by atoms with E-state index in [1.165, 1.54) is 12.1 Å². The maximum atomic E-state index is 13.6. The lowest BCUT2D eigenvalue weighted by molar-refractivity contribution is 0.0135. The highest BCUT2D eigenvalue weighted by molar-refractivity contribution is 5.75. The van der Waals surface area contributed by atoms with Crippen LogP contribution in [0.5, 0.6) is 0 Å². The fraction of sp³-hybridized carbons (Fsp3) is 0.263. The summed E-state index contributed by atoms with van der Waals surface area (Å²) >= 11 is 0. The molecule has 2 unspecified atom stereocenters. The summed E-state index contributed by atoms with van der Waals surface area (Å²) in [6, 6.07) is 12.8. The van der Waals surface area contributed by atoms with Crippen LogP contribution in [0.1, 0.15) is 34.0 Å². The van der Waals surface area contributed by atoms with Crippen LogP contribution in [0.4, 0.5) is 9.18 Å². The molecule has 0 bridgehead atoms. The van der Waals surface area contributed by atoms with Gasteiger partial charge in [0.25, 0.3) is 0 Å². The van der Waals surface area contributed by atoms with Crippen molar-refractivity contribution in [1.82, 2.24) is 5.32 Å². The highest BCUT2D eigenvalue weighted by Gasteiger charge is 2.19. The number of amides is 1. The lowest BCUT2D eigenvalue weighted by Gasteiger charge is -2.18. The molecule has 26 heavy (non-hydrogen) atoms. The van der Waals surface area contributed by atoms with Crippen LogP contribution < -0.4 is 5.32 Å². The second-order valence-corrected chi connectivity index (χ2v) is 5.69. The SMILES string of the molecule is O=Cc1ccc(C(O)C(O)CCNC(=O)OCc2ccccc2)cc1F. The molecule has 6 nitrogen and oxygen atoms in total. The molecule has 1 amide bonds. The van der Waals surface area contributed by atoms with Gasteiger partial charge in [0.1, 0.15) is 18.5 Å². The smallest absolute Gasteiger partial charge is 0.407 e. The van der Waals surface area contributed by atoms with Gasteiger partial charge in [-0.1, -0.05) is 36.4 Å². The Morgan fingerprint density at radius 2 is 1.92 bits per heavy atom. The van der Waals surface area contributed by atoms with E-state index in [9.17, 15) is 24.2 Å². The number of carbonyl (C=O) groups is 2. The van der Waals surface area contributed by atoms with Crippen LogP contribution in [0.25, 0.3) is 0 Å². The summed E-state index contributed by atoms with van der Waals surface area (Å²) in [5, 5.41) is 22.5. The van der Waals surface area contributed by atoms with Crippen LogP contribution in [0.15, 0.2) is 48.5 Å². The predicted octanol–water partition coefficient (Wildman–Crippen LogP) is 2.35. The van der Waals surface area contributed by atoms with Crippen molar-refractivity contribution in [2.45, 2.75) is 25.2 Å². The average Bonchev–Trinajstić information content (AvgIpc) is 2.66. The van der Waals surface area contributed by atoms with Crippen molar-refractivity contribution in [3.8, 4) is 0 Å². The van der Waals surface area contributed by atoms with E-state index in [4.69, 9.17) is 4.74 Å². The van der Waals surface area contributed by atoms with E-state index >= 15 is 0 Å². The number of nitrogens with one attached hydrogen (secondary N) is 1. The number of rotatable bonds is 8. The van der Waals surface area contributed by atoms with Crippen LogP contribution in [0, 0.1) is 5.82 Å². The Morgan fingerprint density at radius 1 is 1.19 bits per heavy atom. The first-order valence-electron chi connectivity index (χ1n) is 8.06. The number of hydrogen-bond donors (Lipinski definition) is 3. The Balaban J connectivity index is 1.75. The predicted molar refractivity (Wildman–Crippen MR) is 92.0 cm³/mol. The largest absolute Gasteiger partial charge is 0.445 e. The number of benzene rings is 2. The van der Waals surface area contributed by atoms with Gasteiger partial charge in [0.2, 0.25) is 0 Å². The first kappa shape index (κ1) is 19.6. The Morgan fingerprint density at radius 3 is 2.58 bits per heavy atom. The second-order valence-electron chi connectivity index (χ2n) is 5.69. The van der Waals surface area contributed by atoms with E-state index < -0.39 is 24.1 Å². The summed E-state index contributed by atoms with van der Waals surface area (Å²) in [4.78, 5) is 22.2. The van der Waals surface area contributed by atoms with Crippen molar-refractivity contribution in [3.05, 3.63) is 71.0 Å². The molecule has 0 saturated carbocycles. The summed E-state index contributed by atoms with van der Waals surface area (Å²) in [6.45, 7) is 0.195. The van der Waals surface area contributed by atoms with E-state index in [0.717, 1.165) is 11.6 Å². The molecule has 0 aliphatic rings. The molecule has 0 aliphatic heterocycles. The quantitative estimate of drug-likeness (QED) is 0.627. The van der Waals surface area contributed by atoms with E-state index in [1.807, 2.05) is 30.3 Å². The zero-order valence-electron chi connectivity index (χ0n) is 14.0. The van der Waals surface area contributed by atoms with Crippen molar-refractivity contribution < 1.29 is 28.9 Å². The molecule has 0 saturated heterocycles. The summed E-state index contributed by atoms with van der Waals surface area (Å²) in [7, 11) is 0. The fourth-order valence-corrected chi connectivity index (χ4v) is 2.30. The Bertz CT molecular complexity index is 738. The zero-order valence-corrected chi connectivity index (χ0v) is 14.0. The van der Waals surface area contributed by atoms with Gasteiger partial charge in [-0.25, -0.2) is 9.18 Å². The molecule has 0 spiro atoms. The number of aliphatic hydroxyl groups excluding tert-OH is 2. The van der Waals surface area contributed by atoms with Gasteiger partial charge >= 0.3 is 6.09 Å². The van der Waals surface area contributed by atoms with Crippen molar-refractivity contribution in [3.63, 3.8) is 0 Å². The maximum absolute atomic E-state index is 13.6. The molecular formula is C19H20FNO5. The number of alkyl carbamates (subject to hydrolysis) is 1. The summed E-state index contributed by atoms with van der Waals surface area (Å²) in [5.74, 6) is -0.772. The summed E-state index contributed by atoms with van der Waals surface area (Å²) < 4.78 is 18.6. The topological polar surface area (TPSA) is 95.9 Å². The molecule has 138 valence electrons. The molecule has 2 aromatic rings. The van der Waals surface area contributed by atoms with Crippen LogP contribution in [0.2, 0.25) is 0 Å². The normalized spacial score (nSPS) is 12.9. The number of aldehydes is 1. The molecule has 0 fully saturated rings. The number of carbonyl (C=O) groups excluding carboxylic acids is 2. The fourth-order valence-electron chi connectivity index (χ4n) is 2.30. The Labute approximate surface area is 150 Å². The molecule has 0 heterocycles. The van der Waals surface area contributed by atoms with E-state index in [2.05, 4.69) is 5.32 Å². The van der Waals surface area contributed by atoms with Crippen molar-refractivity contribution in [2.24, 2.45) is 0 Å². The van der Waals surface area contributed by atoms with Gasteiger partial charge in [-0.15, -0.1) is 0 Å². The first-order chi connectivity index (χ1) is 12.5. The van der Waals surface area contributed by atoms with Gasteiger partial charge in [-0.3, -0.25) is 4.79 Å². The number of aliphatic hydroxyl groups is 2. The Kier molecular flexibility index (Phi) is 7.25. The zero-order chi connectivity index (χ0) is 18.9. The summed E-state index contributed by atoms with van der Waals surface area (Å²) in [5.41, 5.74) is 0.865. The molecular weight excluding hydrogens is 341 g/mol. The third-order valence-corrected chi connectivity index (χ3v) is 3.78. The van der Waals surface area contributed by atoms with Gasteiger partial charge in [0.15, 0.2) is 6.29 Å². The molecule has 7 heteroatoms. The van der Waals surface area contributed by atoms with E-state index in [1.54, 1.807) is 0 Å². The lowest BCUT2D eigenvalue weighted by atomic mass is 10.0. The average molecular weight is 361 g/mol. The molecule has 0 aliphatic carbocycles. The maximum Gasteiger partial charge on any atom is 0.407 e. The minimum atomic E-state index is -1.34. The van der Waals surface area contributed by atoms with Crippen LogP contribution in [-0.4, -0.2) is 35.2 Å². The third-order valence-electron chi connectivity index (χ3n) is 3.78. The van der Waals surface area contributed by atoms with Crippen LogP contribution >= 0.6 is 0 Å². The van der Waals surface area contributed by atoms with Crippen molar-refractivity contribution >= 4 is 12.4 Å². The Hall–Kier alpha value is -2.77. The molecule has 3 N–H and O–H groups in total. The van der Waals surface area contributed by atoms with E-state index in [0.29, 0.717) is 6.29 Å². The van der Waals surface area contributed by atoms with Gasteiger partial charge in [-0.2, -0.15) is 0 Å². The van der Waals surface area contributed by atoms with Gasteiger partial charge in [0, 0.05) is 6.54 Å². The number of hydrogen-bond acceptors (Lipinski definition) is 5. The monoisotopic (exact) mass is 361 g/mol. The highest BCUT2D eigenvalue weighted by atomic mass is 19.1. The molecule has 0 aromatic heterocycles. The third kappa shape index (κ3) is 5.65. The van der Waals surface area contributed by atoms with Crippen LogP contribution in [0.3, 0.4) is 0 Å². The molecule has 2 rings (SSSR count). The minimum Gasteiger partial charge on any atom is -0.445 e. The molecule has 0 radical (unpaired) electrons. The number of halogens is 1. The van der Waals surface area contributed by atoms with Gasteiger partial charge in [-0.05, 0) is 29.7 Å². The van der Waals surface area contributed by atoms with E-state index in [-0.39, 0.29) is 30.7 Å². The van der Waals surface area contributed by atoms with Crippen molar-refractivity contribution in [1.29, 1.82) is 0 Å². The second kappa shape index (κ2) is 9.65. The lowest BCUT2D eigenvalue weighted by Crippen LogP contribution is -2.29. The minimum absolute atomic E-state index is 0.0403. The highest BCUT2D eigenvalue weighted by Crippen LogP contribution is 2.20. The number of ether oxygens (including phenoxy) is 1.